The number of hydrogen-bond donors (Lipinski definition) is 0. The quantitative estimate of drug-likeness (QED) is 0.195. The minimum Gasteiger partial charge on any atom is -0.406 e. The number of alkyl halides is 3. The zero-order chi connectivity index (χ0) is 28.3. The predicted octanol–water partition coefficient (Wildman–Crippen LogP) is 8.63. The molecule has 0 N–H and O–H groups in total. The Balaban J connectivity index is 1.31. The van der Waals surface area contributed by atoms with Crippen LogP contribution in [0.4, 0.5) is 13.2 Å². The number of piperazine rings is 1. The lowest BCUT2D eigenvalue weighted by molar-refractivity contribution is -0.274. The molecule has 1 aliphatic heterocycles. The zero-order valence-electron chi connectivity index (χ0n) is 22.4. The van der Waals surface area contributed by atoms with Gasteiger partial charge in [0, 0.05) is 78.5 Å². The Morgan fingerprint density at radius 3 is 2.20 bits per heavy atom. The molecule has 9 heteroatoms. The average molecular weight is 591 g/mol. The highest BCUT2D eigenvalue weighted by Gasteiger charge is 2.31. The Labute approximate surface area is 242 Å². The third-order valence-electron chi connectivity index (χ3n) is 7.38. The second kappa shape index (κ2) is 12.4. The number of aromatic nitrogens is 1. The third-order valence-corrected chi connectivity index (χ3v) is 7.96. The van der Waals surface area contributed by atoms with Gasteiger partial charge in [-0.2, -0.15) is 0 Å². The summed E-state index contributed by atoms with van der Waals surface area (Å²) < 4.78 is 44.2. The summed E-state index contributed by atoms with van der Waals surface area (Å²) in [6.07, 6.45) is -0.465. The van der Waals surface area contributed by atoms with E-state index in [-0.39, 0.29) is 5.75 Å². The molecule has 4 aromatic rings. The fourth-order valence-corrected chi connectivity index (χ4v) is 5.75. The number of aryl methyl sites for hydroxylation is 1. The number of rotatable bonds is 9. The molecule has 0 spiro atoms. The molecule has 0 radical (unpaired) electrons. The molecule has 2 heterocycles. The Morgan fingerprint density at radius 1 is 0.850 bits per heavy atom. The lowest BCUT2D eigenvalue weighted by atomic mass is 10.0. The van der Waals surface area contributed by atoms with Gasteiger partial charge in [0.05, 0.1) is 0 Å². The maximum atomic E-state index is 12.6. The largest absolute Gasteiger partial charge is 0.573 e. The monoisotopic (exact) mass is 589 g/mol. The molecule has 0 unspecified atom stereocenters. The summed E-state index contributed by atoms with van der Waals surface area (Å²) in [6, 6.07) is 18.4. The smallest absolute Gasteiger partial charge is 0.406 e. The molecule has 0 aliphatic carbocycles. The summed E-state index contributed by atoms with van der Waals surface area (Å²) >= 11 is 12.4. The number of hydrogen-bond acceptors (Lipinski definition) is 3. The minimum absolute atomic E-state index is 0.218. The zero-order valence-corrected chi connectivity index (χ0v) is 23.9. The minimum atomic E-state index is -4.71. The van der Waals surface area contributed by atoms with E-state index in [1.54, 1.807) is 18.2 Å². The first-order valence-corrected chi connectivity index (χ1v) is 14.3. The first kappa shape index (κ1) is 28.8. The van der Waals surface area contributed by atoms with Crippen LogP contribution < -0.4 is 4.74 Å². The molecule has 3 aromatic carbocycles. The van der Waals surface area contributed by atoms with Gasteiger partial charge < -0.3 is 9.30 Å². The molecule has 1 fully saturated rings. The highest BCUT2D eigenvalue weighted by molar-refractivity contribution is 6.35. The summed E-state index contributed by atoms with van der Waals surface area (Å²) in [6.45, 7) is 8.50. The summed E-state index contributed by atoms with van der Waals surface area (Å²) in [7, 11) is 0. The number of benzene rings is 3. The van der Waals surface area contributed by atoms with Crippen molar-refractivity contribution in [1.29, 1.82) is 0 Å². The van der Waals surface area contributed by atoms with Gasteiger partial charge >= 0.3 is 6.36 Å². The number of ether oxygens (including phenoxy) is 1. The van der Waals surface area contributed by atoms with Crippen LogP contribution in [0, 0.1) is 0 Å². The fraction of sp³-hybridized carbons (Fsp3) is 0.355. The number of unbranched alkanes of at least 4 members (excludes halogenated alkanes) is 1. The first-order chi connectivity index (χ1) is 19.2. The van der Waals surface area contributed by atoms with Gasteiger partial charge in [0.1, 0.15) is 5.75 Å². The highest BCUT2D eigenvalue weighted by Crippen LogP contribution is 2.34. The molecule has 212 valence electrons. The van der Waals surface area contributed by atoms with E-state index in [4.69, 9.17) is 23.2 Å². The van der Waals surface area contributed by atoms with Crippen molar-refractivity contribution < 1.29 is 17.9 Å². The molecule has 1 saturated heterocycles. The molecule has 0 atom stereocenters. The Bertz CT molecular complexity index is 1440. The maximum Gasteiger partial charge on any atom is 0.573 e. The molecule has 0 bridgehead atoms. The molecular weight excluding hydrogens is 558 g/mol. The van der Waals surface area contributed by atoms with Crippen LogP contribution in [-0.4, -0.2) is 46.9 Å². The van der Waals surface area contributed by atoms with Crippen molar-refractivity contribution in [2.75, 3.05) is 26.2 Å². The maximum absolute atomic E-state index is 12.6. The van der Waals surface area contributed by atoms with Crippen LogP contribution in [0.5, 0.6) is 5.75 Å². The van der Waals surface area contributed by atoms with Crippen LogP contribution in [0.3, 0.4) is 0 Å². The van der Waals surface area contributed by atoms with E-state index < -0.39 is 6.36 Å². The Hall–Kier alpha value is -2.71. The normalized spacial score (nSPS) is 15.2. The van der Waals surface area contributed by atoms with Gasteiger partial charge in [-0.15, -0.1) is 13.2 Å². The van der Waals surface area contributed by atoms with Crippen molar-refractivity contribution >= 4 is 34.1 Å². The lowest BCUT2D eigenvalue weighted by Crippen LogP contribution is -2.45. The van der Waals surface area contributed by atoms with Crippen LogP contribution in [-0.2, 0) is 19.6 Å². The Kier molecular flexibility index (Phi) is 8.95. The molecule has 0 saturated carbocycles. The van der Waals surface area contributed by atoms with Gasteiger partial charge in [0.15, 0.2) is 0 Å². The number of fused-ring (bicyclic) bond motifs is 1. The summed E-state index contributed by atoms with van der Waals surface area (Å²) in [5, 5.41) is 2.45. The molecular formula is C31H32Cl2F3N3O. The highest BCUT2D eigenvalue weighted by atomic mass is 35.5. The van der Waals surface area contributed by atoms with E-state index in [9.17, 15) is 13.2 Å². The lowest BCUT2D eigenvalue weighted by Gasteiger charge is -2.35. The first-order valence-electron chi connectivity index (χ1n) is 13.5. The van der Waals surface area contributed by atoms with E-state index in [0.717, 1.165) is 86.2 Å². The second-order valence-electron chi connectivity index (χ2n) is 10.3. The van der Waals surface area contributed by atoms with E-state index in [0.29, 0.717) is 10.0 Å². The molecule has 4 nitrogen and oxygen atoms in total. The summed E-state index contributed by atoms with van der Waals surface area (Å²) in [5.41, 5.74) is 5.31. The van der Waals surface area contributed by atoms with Crippen molar-refractivity contribution in [3.05, 3.63) is 88.0 Å². The van der Waals surface area contributed by atoms with Crippen molar-refractivity contribution in [1.82, 2.24) is 14.4 Å². The third kappa shape index (κ3) is 7.13. The van der Waals surface area contributed by atoms with E-state index in [1.807, 2.05) is 12.1 Å². The molecule has 40 heavy (non-hydrogen) atoms. The van der Waals surface area contributed by atoms with Crippen LogP contribution >= 0.6 is 23.2 Å². The number of nitrogens with zero attached hydrogens (tertiary/aromatic N) is 3. The van der Waals surface area contributed by atoms with E-state index >= 15 is 0 Å². The van der Waals surface area contributed by atoms with Gasteiger partial charge in [-0.1, -0.05) is 60.8 Å². The topological polar surface area (TPSA) is 20.6 Å². The van der Waals surface area contributed by atoms with Gasteiger partial charge in [0.2, 0.25) is 0 Å². The molecule has 5 rings (SSSR count). The SMILES string of the molecule is CCCCn1cc(-c2ccc(OC(F)(F)F)cc2)c2cc(CN3CCN(Cc4ccc(Cl)cc4Cl)CC3)ccc21. The number of halogens is 5. The van der Waals surface area contributed by atoms with Gasteiger partial charge in [-0.05, 0) is 59.5 Å². The standard InChI is InChI=1S/C31H32Cl2F3N3O/c1-2-3-12-39-21-28(23-6-9-26(10-7-23)40-31(34,35)36)27-17-22(4-11-30(27)39)19-37-13-15-38(16-14-37)20-24-5-8-25(32)18-29(24)33/h4-11,17-18,21H,2-3,12-16,19-20H2,1H3. The van der Waals surface area contributed by atoms with Crippen molar-refractivity contribution in [3.8, 4) is 16.9 Å². The van der Waals surface area contributed by atoms with Crippen molar-refractivity contribution in [2.45, 2.75) is 45.8 Å². The fourth-order valence-electron chi connectivity index (χ4n) is 5.28. The second-order valence-corrected chi connectivity index (χ2v) is 11.1. The van der Waals surface area contributed by atoms with Gasteiger partial charge in [0.25, 0.3) is 0 Å². The molecule has 1 aromatic heterocycles. The van der Waals surface area contributed by atoms with Crippen molar-refractivity contribution in [3.63, 3.8) is 0 Å². The predicted molar refractivity (Wildman–Crippen MR) is 156 cm³/mol. The van der Waals surface area contributed by atoms with Gasteiger partial charge in [-0.3, -0.25) is 9.80 Å². The van der Waals surface area contributed by atoms with Crippen LogP contribution in [0.25, 0.3) is 22.0 Å². The summed E-state index contributed by atoms with van der Waals surface area (Å²) in [5.74, 6) is -0.218. The Morgan fingerprint density at radius 2 is 1.55 bits per heavy atom. The van der Waals surface area contributed by atoms with E-state index in [1.165, 1.54) is 17.7 Å². The molecule has 0 amide bonds. The van der Waals surface area contributed by atoms with Crippen LogP contribution in [0.2, 0.25) is 10.0 Å². The average Bonchev–Trinajstić information content (AvgIpc) is 3.27. The molecule has 1 aliphatic rings. The van der Waals surface area contributed by atoms with Crippen LogP contribution in [0.1, 0.15) is 30.9 Å². The summed E-state index contributed by atoms with van der Waals surface area (Å²) in [4.78, 5) is 4.87. The van der Waals surface area contributed by atoms with Crippen molar-refractivity contribution in [2.24, 2.45) is 0 Å². The van der Waals surface area contributed by atoms with Gasteiger partial charge in [-0.25, -0.2) is 0 Å². The van der Waals surface area contributed by atoms with E-state index in [2.05, 4.69) is 50.4 Å². The van der Waals surface area contributed by atoms with Crippen LogP contribution in [0.15, 0.2) is 66.9 Å².